The normalized spacial score (nSPS) is 13.5. The van der Waals surface area contributed by atoms with Gasteiger partial charge in [-0.25, -0.2) is 9.59 Å². The SMILES string of the molecule is COC(=O)C[C@H](C)[C@H](NC(=O)[C@H](CC(C)C)NC(=O)OCc1ccccc1)C(=O)OC. The molecule has 3 atom stereocenters. The Morgan fingerprint density at radius 2 is 1.58 bits per heavy atom. The van der Waals surface area contributed by atoms with Gasteiger partial charge < -0.3 is 24.8 Å². The lowest BCUT2D eigenvalue weighted by molar-refractivity contribution is -0.148. The lowest BCUT2D eigenvalue weighted by atomic mass is 9.97. The van der Waals surface area contributed by atoms with Crippen molar-refractivity contribution in [3.8, 4) is 0 Å². The van der Waals surface area contributed by atoms with E-state index >= 15 is 0 Å². The van der Waals surface area contributed by atoms with E-state index in [-0.39, 0.29) is 18.9 Å². The molecule has 1 aromatic carbocycles. The molecule has 0 heterocycles. The number of rotatable bonds is 11. The Morgan fingerprint density at radius 1 is 0.935 bits per heavy atom. The minimum Gasteiger partial charge on any atom is -0.469 e. The van der Waals surface area contributed by atoms with Crippen LogP contribution in [-0.4, -0.2) is 50.2 Å². The Balaban J connectivity index is 2.82. The highest BCUT2D eigenvalue weighted by Gasteiger charge is 2.32. The molecule has 0 saturated carbocycles. The topological polar surface area (TPSA) is 120 Å². The zero-order chi connectivity index (χ0) is 23.4. The number of carbonyl (C=O) groups is 4. The molecule has 31 heavy (non-hydrogen) atoms. The number of ether oxygens (including phenoxy) is 3. The van der Waals surface area contributed by atoms with E-state index in [1.807, 2.05) is 44.2 Å². The van der Waals surface area contributed by atoms with Gasteiger partial charge in [-0.1, -0.05) is 51.1 Å². The predicted molar refractivity (Wildman–Crippen MR) is 113 cm³/mol. The van der Waals surface area contributed by atoms with Crippen LogP contribution in [0.15, 0.2) is 30.3 Å². The molecular formula is C22H32N2O7. The van der Waals surface area contributed by atoms with E-state index in [1.165, 1.54) is 14.2 Å². The molecule has 0 unspecified atom stereocenters. The number of nitrogens with one attached hydrogen (secondary N) is 2. The van der Waals surface area contributed by atoms with Crippen LogP contribution < -0.4 is 10.6 Å². The van der Waals surface area contributed by atoms with E-state index in [9.17, 15) is 19.2 Å². The maximum absolute atomic E-state index is 12.9. The fourth-order valence-electron chi connectivity index (χ4n) is 2.89. The van der Waals surface area contributed by atoms with E-state index in [4.69, 9.17) is 9.47 Å². The van der Waals surface area contributed by atoms with Crippen LogP contribution >= 0.6 is 0 Å². The summed E-state index contributed by atoms with van der Waals surface area (Å²) in [4.78, 5) is 48.9. The molecule has 9 nitrogen and oxygen atoms in total. The first kappa shape index (κ1) is 25.9. The second-order valence-corrected chi connectivity index (χ2v) is 7.66. The van der Waals surface area contributed by atoms with Gasteiger partial charge in [-0.05, 0) is 23.8 Å². The van der Waals surface area contributed by atoms with Crippen molar-refractivity contribution in [3.63, 3.8) is 0 Å². The van der Waals surface area contributed by atoms with Crippen LogP contribution in [0.5, 0.6) is 0 Å². The largest absolute Gasteiger partial charge is 0.469 e. The summed E-state index contributed by atoms with van der Waals surface area (Å²) >= 11 is 0. The molecule has 0 aromatic heterocycles. The lowest BCUT2D eigenvalue weighted by Crippen LogP contribution is -2.54. The number of methoxy groups -OCH3 is 2. The van der Waals surface area contributed by atoms with Crippen LogP contribution in [0.2, 0.25) is 0 Å². The summed E-state index contributed by atoms with van der Waals surface area (Å²) in [5, 5.41) is 5.14. The summed E-state index contributed by atoms with van der Waals surface area (Å²) < 4.78 is 14.6. The third-order valence-corrected chi connectivity index (χ3v) is 4.57. The van der Waals surface area contributed by atoms with E-state index in [0.29, 0.717) is 6.42 Å². The number of alkyl carbamates (subject to hydrolysis) is 1. The van der Waals surface area contributed by atoms with Crippen LogP contribution in [-0.2, 0) is 35.2 Å². The van der Waals surface area contributed by atoms with Crippen LogP contribution in [0.3, 0.4) is 0 Å². The van der Waals surface area contributed by atoms with E-state index < -0.39 is 41.9 Å². The number of amides is 2. The van der Waals surface area contributed by atoms with Gasteiger partial charge in [-0.3, -0.25) is 9.59 Å². The van der Waals surface area contributed by atoms with E-state index in [1.54, 1.807) is 6.92 Å². The summed E-state index contributed by atoms with van der Waals surface area (Å²) in [5.74, 6) is -2.28. The van der Waals surface area contributed by atoms with Crippen LogP contribution in [0.1, 0.15) is 39.2 Å². The summed E-state index contributed by atoms with van der Waals surface area (Å²) in [6.07, 6.45) is -0.509. The molecule has 0 saturated heterocycles. The zero-order valence-electron chi connectivity index (χ0n) is 18.7. The van der Waals surface area contributed by atoms with Crippen molar-refractivity contribution in [2.24, 2.45) is 11.8 Å². The van der Waals surface area contributed by atoms with Crippen LogP contribution in [0, 0.1) is 11.8 Å². The number of hydrogen-bond acceptors (Lipinski definition) is 7. The van der Waals surface area contributed by atoms with Crippen molar-refractivity contribution in [2.45, 2.75) is 52.3 Å². The van der Waals surface area contributed by atoms with Crippen LogP contribution in [0.4, 0.5) is 4.79 Å². The molecule has 9 heteroatoms. The Morgan fingerprint density at radius 3 is 2.13 bits per heavy atom. The van der Waals surface area contributed by atoms with Gasteiger partial charge in [0.1, 0.15) is 18.7 Å². The zero-order valence-corrected chi connectivity index (χ0v) is 18.7. The molecule has 0 radical (unpaired) electrons. The minimum atomic E-state index is -1.08. The number of hydrogen-bond donors (Lipinski definition) is 2. The summed E-state index contributed by atoms with van der Waals surface area (Å²) in [6.45, 7) is 5.48. The first-order valence-corrected chi connectivity index (χ1v) is 10.1. The van der Waals surface area contributed by atoms with Crippen molar-refractivity contribution >= 4 is 23.9 Å². The maximum Gasteiger partial charge on any atom is 0.408 e. The Labute approximate surface area is 182 Å². The molecule has 0 aliphatic rings. The summed E-state index contributed by atoms with van der Waals surface area (Å²) in [6, 6.07) is 7.13. The number of benzene rings is 1. The van der Waals surface area contributed by atoms with Crippen molar-refractivity contribution in [2.75, 3.05) is 14.2 Å². The first-order valence-electron chi connectivity index (χ1n) is 10.1. The third kappa shape index (κ3) is 9.50. The summed E-state index contributed by atoms with van der Waals surface area (Å²) in [5.41, 5.74) is 0.810. The Hall–Kier alpha value is -3.10. The smallest absolute Gasteiger partial charge is 0.408 e. The molecule has 0 bridgehead atoms. The van der Waals surface area contributed by atoms with Gasteiger partial charge in [-0.15, -0.1) is 0 Å². The fraction of sp³-hybridized carbons (Fsp3) is 0.545. The van der Waals surface area contributed by atoms with Gasteiger partial charge in [0.2, 0.25) is 5.91 Å². The Kier molecular flexibility index (Phi) is 11.1. The average molecular weight is 437 g/mol. The highest BCUT2D eigenvalue weighted by Crippen LogP contribution is 2.13. The highest BCUT2D eigenvalue weighted by molar-refractivity contribution is 5.90. The molecule has 0 spiro atoms. The number of esters is 2. The summed E-state index contributed by atoms with van der Waals surface area (Å²) in [7, 11) is 2.43. The van der Waals surface area contributed by atoms with E-state index in [2.05, 4.69) is 15.4 Å². The van der Waals surface area contributed by atoms with Crippen molar-refractivity contribution in [3.05, 3.63) is 35.9 Å². The van der Waals surface area contributed by atoms with Gasteiger partial charge in [0.05, 0.1) is 20.6 Å². The van der Waals surface area contributed by atoms with Gasteiger partial charge in [0.25, 0.3) is 0 Å². The predicted octanol–water partition coefficient (Wildman–Crippen LogP) is 2.18. The lowest BCUT2D eigenvalue weighted by Gasteiger charge is -2.26. The quantitative estimate of drug-likeness (QED) is 0.403. The standard InChI is InChI=1S/C22H32N2O7/c1-14(2)11-17(23-22(28)31-13-16-9-7-6-8-10-16)20(26)24-19(21(27)30-5)15(3)12-18(25)29-4/h6-10,14-15,17,19H,11-13H2,1-5H3,(H,23,28)(H,24,26)/t15-,17-,19-/m0/s1. The van der Waals surface area contributed by atoms with Crippen molar-refractivity contribution in [1.29, 1.82) is 0 Å². The Bertz CT molecular complexity index is 737. The van der Waals surface area contributed by atoms with Crippen molar-refractivity contribution < 1.29 is 33.4 Å². The molecule has 172 valence electrons. The van der Waals surface area contributed by atoms with E-state index in [0.717, 1.165) is 5.56 Å². The fourth-order valence-corrected chi connectivity index (χ4v) is 2.89. The second kappa shape index (κ2) is 13.3. The molecule has 0 aliphatic heterocycles. The molecule has 2 N–H and O–H groups in total. The molecular weight excluding hydrogens is 404 g/mol. The molecule has 0 fully saturated rings. The van der Waals surface area contributed by atoms with Gasteiger partial charge in [0.15, 0.2) is 0 Å². The highest BCUT2D eigenvalue weighted by atomic mass is 16.5. The maximum atomic E-state index is 12.9. The minimum absolute atomic E-state index is 0.0592. The molecule has 1 aromatic rings. The third-order valence-electron chi connectivity index (χ3n) is 4.57. The van der Waals surface area contributed by atoms with Gasteiger partial charge >= 0.3 is 18.0 Å². The number of carbonyl (C=O) groups excluding carboxylic acids is 4. The molecule has 2 amide bonds. The monoisotopic (exact) mass is 436 g/mol. The second-order valence-electron chi connectivity index (χ2n) is 7.66. The van der Waals surface area contributed by atoms with Gasteiger partial charge in [0, 0.05) is 0 Å². The van der Waals surface area contributed by atoms with Crippen molar-refractivity contribution in [1.82, 2.24) is 10.6 Å². The molecule has 1 rings (SSSR count). The van der Waals surface area contributed by atoms with Gasteiger partial charge in [-0.2, -0.15) is 0 Å². The average Bonchev–Trinajstić information content (AvgIpc) is 2.75. The van der Waals surface area contributed by atoms with Crippen LogP contribution in [0.25, 0.3) is 0 Å². The molecule has 0 aliphatic carbocycles. The first-order chi connectivity index (χ1) is 14.7.